The molecule has 0 aliphatic rings. The Kier molecular flexibility index (Phi) is 2.64. The number of nitrogens with one attached hydrogen (secondary N) is 1. The Morgan fingerprint density at radius 2 is 2.25 bits per heavy atom. The summed E-state index contributed by atoms with van der Waals surface area (Å²) < 4.78 is 0. The summed E-state index contributed by atoms with van der Waals surface area (Å²) in [5, 5.41) is 17.4. The van der Waals surface area contributed by atoms with Crippen LogP contribution in [0.4, 0.5) is 5.69 Å². The van der Waals surface area contributed by atoms with E-state index >= 15 is 0 Å². The van der Waals surface area contributed by atoms with E-state index in [1.807, 2.05) is 6.07 Å². The van der Waals surface area contributed by atoms with Crippen LogP contribution in [0.5, 0.6) is 0 Å². The third-order valence-corrected chi connectivity index (χ3v) is 1.47. The van der Waals surface area contributed by atoms with Gasteiger partial charge in [0.05, 0.1) is 23.9 Å². The van der Waals surface area contributed by atoms with Gasteiger partial charge in [0.15, 0.2) is 0 Å². The lowest BCUT2D eigenvalue weighted by Crippen LogP contribution is -2.07. The van der Waals surface area contributed by atoms with Crippen LogP contribution in [0.2, 0.25) is 0 Å². The summed E-state index contributed by atoms with van der Waals surface area (Å²) in [5.41, 5.74) is 4.19. The molecule has 1 aromatic carbocycles. The molecule has 0 saturated carbocycles. The first-order chi connectivity index (χ1) is 5.80. The molecule has 0 spiro atoms. The zero-order chi connectivity index (χ0) is 8.97. The number of aliphatic hydroxyl groups excluding tert-OH is 1. The molecule has 4 N–H and O–H groups in total. The minimum absolute atomic E-state index is 0.0931. The molecule has 1 rings (SSSR count). The summed E-state index contributed by atoms with van der Waals surface area (Å²) in [5.74, 6) is 5.16. The number of nitriles is 1. The smallest absolute Gasteiger partial charge is 0.0992 e. The number of anilines is 1. The van der Waals surface area contributed by atoms with Crippen LogP contribution in [0, 0.1) is 11.3 Å². The molecule has 0 aliphatic heterocycles. The monoisotopic (exact) mass is 163 g/mol. The Labute approximate surface area is 70.2 Å². The van der Waals surface area contributed by atoms with Gasteiger partial charge in [0, 0.05) is 0 Å². The summed E-state index contributed by atoms with van der Waals surface area (Å²) >= 11 is 0. The lowest BCUT2D eigenvalue weighted by Gasteiger charge is -2.02. The summed E-state index contributed by atoms with van der Waals surface area (Å²) in [6.07, 6.45) is 0. The van der Waals surface area contributed by atoms with E-state index in [1.54, 1.807) is 18.2 Å². The average Bonchev–Trinajstić information content (AvgIpc) is 2.16. The maximum atomic E-state index is 8.80. The second-order valence-electron chi connectivity index (χ2n) is 2.33. The highest BCUT2D eigenvalue weighted by atomic mass is 16.3. The molecule has 0 radical (unpaired) electrons. The maximum absolute atomic E-state index is 8.80. The predicted octanol–water partition coefficient (Wildman–Crippen LogP) is 0.336. The van der Waals surface area contributed by atoms with E-state index in [0.29, 0.717) is 16.8 Å². The van der Waals surface area contributed by atoms with Gasteiger partial charge in [-0.25, -0.2) is 0 Å². The number of hydrogen-bond donors (Lipinski definition) is 3. The number of hydrogen-bond acceptors (Lipinski definition) is 4. The van der Waals surface area contributed by atoms with Crippen molar-refractivity contribution in [3.05, 3.63) is 29.3 Å². The average molecular weight is 163 g/mol. The molecule has 0 aliphatic carbocycles. The summed E-state index contributed by atoms with van der Waals surface area (Å²) in [6.45, 7) is -0.0931. The second-order valence-corrected chi connectivity index (χ2v) is 2.33. The van der Waals surface area contributed by atoms with Crippen LogP contribution in [-0.4, -0.2) is 5.11 Å². The lowest BCUT2D eigenvalue weighted by molar-refractivity contribution is 0.282. The van der Waals surface area contributed by atoms with Gasteiger partial charge < -0.3 is 10.5 Å². The summed E-state index contributed by atoms with van der Waals surface area (Å²) in [7, 11) is 0. The van der Waals surface area contributed by atoms with E-state index in [-0.39, 0.29) is 6.61 Å². The van der Waals surface area contributed by atoms with E-state index < -0.39 is 0 Å². The molecular formula is C8H9N3O. The van der Waals surface area contributed by atoms with Crippen LogP contribution in [0.15, 0.2) is 18.2 Å². The number of aliphatic hydroxyl groups is 1. The normalized spacial score (nSPS) is 9.08. The number of nitrogen functional groups attached to an aromatic ring is 1. The first-order valence-corrected chi connectivity index (χ1v) is 3.41. The van der Waals surface area contributed by atoms with Crippen molar-refractivity contribution in [3.63, 3.8) is 0 Å². The van der Waals surface area contributed by atoms with Gasteiger partial charge in [-0.15, -0.1) is 0 Å². The molecule has 0 aromatic heterocycles. The Morgan fingerprint density at radius 1 is 1.50 bits per heavy atom. The molecule has 0 atom stereocenters. The molecule has 12 heavy (non-hydrogen) atoms. The van der Waals surface area contributed by atoms with Gasteiger partial charge in [0.1, 0.15) is 0 Å². The molecule has 0 bridgehead atoms. The molecule has 0 unspecified atom stereocenters. The van der Waals surface area contributed by atoms with Crippen LogP contribution in [-0.2, 0) is 6.61 Å². The molecule has 0 heterocycles. The molecule has 1 aromatic rings. The van der Waals surface area contributed by atoms with Crippen molar-refractivity contribution in [2.24, 2.45) is 5.84 Å². The fourth-order valence-corrected chi connectivity index (χ4v) is 0.931. The van der Waals surface area contributed by atoms with Gasteiger partial charge in [-0.05, 0) is 23.8 Å². The van der Waals surface area contributed by atoms with Gasteiger partial charge in [0.25, 0.3) is 0 Å². The number of benzene rings is 1. The predicted molar refractivity (Wildman–Crippen MR) is 44.9 cm³/mol. The lowest BCUT2D eigenvalue weighted by atomic mass is 10.1. The third kappa shape index (κ3) is 1.72. The molecule has 4 nitrogen and oxygen atoms in total. The van der Waals surface area contributed by atoms with Crippen molar-refractivity contribution in [1.82, 2.24) is 0 Å². The summed E-state index contributed by atoms with van der Waals surface area (Å²) in [4.78, 5) is 0. The molecule has 0 fully saturated rings. The highest BCUT2D eigenvalue weighted by Crippen LogP contribution is 2.13. The van der Waals surface area contributed by atoms with E-state index in [0.717, 1.165) is 0 Å². The molecule has 0 amide bonds. The van der Waals surface area contributed by atoms with Crippen molar-refractivity contribution in [3.8, 4) is 6.07 Å². The van der Waals surface area contributed by atoms with Crippen LogP contribution in [0.25, 0.3) is 0 Å². The topological polar surface area (TPSA) is 82.1 Å². The number of rotatable bonds is 2. The fraction of sp³-hybridized carbons (Fsp3) is 0.125. The quantitative estimate of drug-likeness (QED) is 0.433. The first-order valence-electron chi connectivity index (χ1n) is 3.41. The van der Waals surface area contributed by atoms with Gasteiger partial charge in [0.2, 0.25) is 0 Å². The van der Waals surface area contributed by atoms with Crippen molar-refractivity contribution in [2.75, 3.05) is 5.43 Å². The first kappa shape index (κ1) is 8.53. The number of nitrogens with two attached hydrogens (primary N) is 1. The Hall–Kier alpha value is -1.57. The molecule has 4 heteroatoms. The minimum Gasteiger partial charge on any atom is -0.392 e. The molecular weight excluding hydrogens is 154 g/mol. The van der Waals surface area contributed by atoms with Gasteiger partial charge >= 0.3 is 0 Å². The maximum Gasteiger partial charge on any atom is 0.0992 e. The Bertz CT molecular complexity index is 294. The minimum atomic E-state index is -0.0931. The van der Waals surface area contributed by atoms with Crippen molar-refractivity contribution in [2.45, 2.75) is 6.61 Å². The number of nitrogens with zero attached hydrogens (tertiary/aromatic N) is 1. The largest absolute Gasteiger partial charge is 0.392 e. The van der Waals surface area contributed by atoms with Crippen molar-refractivity contribution < 1.29 is 5.11 Å². The van der Waals surface area contributed by atoms with Gasteiger partial charge in [-0.3, -0.25) is 5.84 Å². The summed E-state index contributed by atoms with van der Waals surface area (Å²) in [6, 6.07) is 6.87. The van der Waals surface area contributed by atoms with Crippen LogP contribution < -0.4 is 11.3 Å². The highest BCUT2D eigenvalue weighted by Gasteiger charge is 1.97. The number of hydrazine groups is 1. The van der Waals surface area contributed by atoms with Crippen molar-refractivity contribution >= 4 is 5.69 Å². The van der Waals surface area contributed by atoms with Gasteiger partial charge in [-0.2, -0.15) is 5.26 Å². The van der Waals surface area contributed by atoms with Crippen LogP contribution >= 0.6 is 0 Å². The zero-order valence-electron chi connectivity index (χ0n) is 6.41. The zero-order valence-corrected chi connectivity index (χ0v) is 6.41. The SMILES string of the molecule is N#Cc1cc(CO)cc(NN)c1. The van der Waals surface area contributed by atoms with Gasteiger partial charge in [-0.1, -0.05) is 0 Å². The van der Waals surface area contributed by atoms with E-state index in [2.05, 4.69) is 5.43 Å². The van der Waals surface area contributed by atoms with E-state index in [4.69, 9.17) is 16.2 Å². The molecule has 62 valence electrons. The third-order valence-electron chi connectivity index (χ3n) is 1.47. The van der Waals surface area contributed by atoms with E-state index in [1.165, 1.54) is 0 Å². The Balaban J connectivity index is 3.12. The molecule has 0 saturated heterocycles. The van der Waals surface area contributed by atoms with Crippen LogP contribution in [0.1, 0.15) is 11.1 Å². The standard InChI is InChI=1S/C8H9N3O/c9-4-6-1-7(5-12)3-8(2-6)11-10/h1-3,11-12H,5,10H2. The second kappa shape index (κ2) is 3.72. The van der Waals surface area contributed by atoms with E-state index in [9.17, 15) is 0 Å². The van der Waals surface area contributed by atoms with Crippen LogP contribution in [0.3, 0.4) is 0 Å². The Morgan fingerprint density at radius 3 is 2.75 bits per heavy atom. The fourth-order valence-electron chi connectivity index (χ4n) is 0.931. The highest BCUT2D eigenvalue weighted by molar-refractivity contribution is 5.51. The van der Waals surface area contributed by atoms with Crippen molar-refractivity contribution in [1.29, 1.82) is 5.26 Å².